The first-order valence-corrected chi connectivity index (χ1v) is 25.2. The molecule has 1 spiro atoms. The molecule has 3 aliphatic carbocycles. The first-order valence-electron chi connectivity index (χ1n) is 24.3. The summed E-state index contributed by atoms with van der Waals surface area (Å²) in [6, 6.07) is 84.9. The van der Waals surface area contributed by atoms with Crippen LogP contribution in [-0.2, 0) is 16.2 Å². The molecular weight excluding hydrogens is 851 g/mol. The van der Waals surface area contributed by atoms with Crippen LogP contribution in [0.5, 0.6) is 0 Å². The Morgan fingerprint density at radius 2 is 0.899 bits per heavy atom. The average molecular weight is 900 g/mol. The average Bonchev–Trinajstić information content (AvgIpc) is 4.09. The molecule has 0 radical (unpaired) electrons. The SMILES string of the molecule is CC(C)(C)c1cc(-c2cccc3c2sc2ccccc23)cc2c1C(C)(c1ccccc1)c1cc(N(c3ccccc3)c3ccc4c(c3)C3(c5ccccc5-c5ccccc53)c3ccccc3-4)ccc1-2. The van der Waals surface area contributed by atoms with Crippen LogP contribution in [0.2, 0.25) is 0 Å². The summed E-state index contributed by atoms with van der Waals surface area (Å²) in [4.78, 5) is 2.50. The van der Waals surface area contributed by atoms with Crippen molar-refractivity contribution in [3.8, 4) is 44.5 Å². The molecule has 0 bridgehead atoms. The summed E-state index contributed by atoms with van der Waals surface area (Å²) in [6.07, 6.45) is 0. The van der Waals surface area contributed by atoms with Crippen LogP contribution < -0.4 is 4.90 Å². The van der Waals surface area contributed by atoms with Gasteiger partial charge in [0.2, 0.25) is 0 Å². The highest BCUT2D eigenvalue weighted by molar-refractivity contribution is 7.26. The van der Waals surface area contributed by atoms with E-state index >= 15 is 0 Å². The van der Waals surface area contributed by atoms with Crippen molar-refractivity contribution in [3.05, 3.63) is 269 Å². The first kappa shape index (κ1) is 40.3. The third-order valence-electron chi connectivity index (χ3n) is 15.9. The van der Waals surface area contributed by atoms with Crippen molar-refractivity contribution in [1.82, 2.24) is 0 Å². The molecule has 69 heavy (non-hydrogen) atoms. The van der Waals surface area contributed by atoms with Crippen molar-refractivity contribution in [1.29, 1.82) is 0 Å². The van der Waals surface area contributed by atoms with E-state index in [9.17, 15) is 0 Å². The molecule has 11 aromatic rings. The van der Waals surface area contributed by atoms with E-state index in [1.807, 2.05) is 11.3 Å². The van der Waals surface area contributed by atoms with E-state index in [2.05, 4.69) is 257 Å². The van der Waals surface area contributed by atoms with E-state index in [1.165, 1.54) is 109 Å². The predicted molar refractivity (Wildman–Crippen MR) is 292 cm³/mol. The van der Waals surface area contributed by atoms with Gasteiger partial charge >= 0.3 is 0 Å². The van der Waals surface area contributed by atoms with Crippen molar-refractivity contribution in [3.63, 3.8) is 0 Å². The van der Waals surface area contributed by atoms with Crippen molar-refractivity contribution in [2.24, 2.45) is 0 Å². The maximum Gasteiger partial charge on any atom is 0.0726 e. The second-order valence-electron chi connectivity index (χ2n) is 20.5. The van der Waals surface area contributed by atoms with Crippen LogP contribution in [0.25, 0.3) is 64.7 Å². The standard InChI is InChI=1S/C67H49NS/c1-65(2,3)61-39-42(47-28-19-29-54-53-27-14-18-33-62(53)69-64(47)54)38-55-52-37-35-45(40-59(52)66(4,63(55)61)43-20-7-5-8-21-43)68(44-22-9-6-10-23-44)46-34-36-51-50-26-13-17-32-58(50)67(60(51)41-46)56-30-15-11-24-48(56)49-25-12-16-31-57(49)67/h5-41H,1-4H3. The molecule has 1 unspecified atom stereocenters. The van der Waals surface area contributed by atoms with Crippen LogP contribution in [-0.4, -0.2) is 0 Å². The fourth-order valence-electron chi connectivity index (χ4n) is 12.9. The third-order valence-corrected chi connectivity index (χ3v) is 17.1. The van der Waals surface area contributed by atoms with E-state index in [-0.39, 0.29) is 5.41 Å². The van der Waals surface area contributed by atoms with E-state index in [1.54, 1.807) is 0 Å². The predicted octanol–water partition coefficient (Wildman–Crippen LogP) is 18.2. The maximum atomic E-state index is 2.53. The van der Waals surface area contributed by atoms with E-state index in [4.69, 9.17) is 0 Å². The molecule has 0 aliphatic heterocycles. The minimum Gasteiger partial charge on any atom is -0.310 e. The van der Waals surface area contributed by atoms with Gasteiger partial charge in [-0.3, -0.25) is 0 Å². The van der Waals surface area contributed by atoms with Gasteiger partial charge in [-0.25, -0.2) is 0 Å². The number of para-hydroxylation sites is 1. The van der Waals surface area contributed by atoms with Gasteiger partial charge in [-0.2, -0.15) is 0 Å². The van der Waals surface area contributed by atoms with Gasteiger partial charge in [0, 0.05) is 42.6 Å². The molecule has 2 heteroatoms. The van der Waals surface area contributed by atoms with Gasteiger partial charge in [0.25, 0.3) is 0 Å². The summed E-state index contributed by atoms with van der Waals surface area (Å²) in [7, 11) is 0. The minimum atomic E-state index is -0.440. The molecule has 328 valence electrons. The molecule has 0 amide bonds. The van der Waals surface area contributed by atoms with Gasteiger partial charge in [-0.05, 0) is 150 Å². The molecule has 0 saturated heterocycles. The highest BCUT2D eigenvalue weighted by Crippen LogP contribution is 2.64. The molecule has 1 nitrogen and oxygen atoms in total. The second-order valence-corrected chi connectivity index (χ2v) is 21.5. The topological polar surface area (TPSA) is 3.24 Å². The van der Waals surface area contributed by atoms with Crippen molar-refractivity contribution in [2.45, 2.75) is 43.9 Å². The largest absolute Gasteiger partial charge is 0.310 e. The van der Waals surface area contributed by atoms with Crippen LogP contribution in [0.4, 0.5) is 17.1 Å². The molecule has 1 heterocycles. The zero-order chi connectivity index (χ0) is 46.2. The smallest absolute Gasteiger partial charge is 0.0726 e. The normalized spacial score (nSPS) is 15.7. The molecule has 0 saturated carbocycles. The quantitative estimate of drug-likeness (QED) is 0.166. The lowest BCUT2D eigenvalue weighted by Crippen LogP contribution is -2.27. The van der Waals surface area contributed by atoms with Crippen LogP contribution in [0.1, 0.15) is 72.2 Å². The Bertz CT molecular complexity index is 3840. The number of benzene rings is 10. The van der Waals surface area contributed by atoms with Gasteiger partial charge < -0.3 is 4.90 Å². The Morgan fingerprint density at radius 3 is 1.54 bits per heavy atom. The Morgan fingerprint density at radius 1 is 0.391 bits per heavy atom. The number of hydrogen-bond donors (Lipinski definition) is 0. The van der Waals surface area contributed by atoms with E-state index < -0.39 is 10.8 Å². The Hall–Kier alpha value is -7.78. The molecule has 10 aromatic carbocycles. The van der Waals surface area contributed by atoms with Crippen LogP contribution in [0, 0.1) is 0 Å². The monoisotopic (exact) mass is 899 g/mol. The molecule has 3 aliphatic rings. The fraction of sp³-hybridized carbons (Fsp3) is 0.104. The van der Waals surface area contributed by atoms with Gasteiger partial charge in [-0.1, -0.05) is 197 Å². The Kier molecular flexibility index (Phi) is 8.54. The summed E-state index contributed by atoms with van der Waals surface area (Å²) in [5, 5.41) is 2.66. The van der Waals surface area contributed by atoms with Crippen LogP contribution >= 0.6 is 11.3 Å². The lowest BCUT2D eigenvalue weighted by molar-refractivity contribution is 0.567. The highest BCUT2D eigenvalue weighted by Gasteiger charge is 2.52. The number of rotatable bonds is 5. The number of thiophene rings is 1. The Labute approximate surface area is 408 Å². The number of anilines is 3. The second kappa shape index (κ2) is 14.6. The number of nitrogens with zero attached hydrogens (tertiary/aromatic N) is 1. The van der Waals surface area contributed by atoms with Crippen LogP contribution in [0.3, 0.4) is 0 Å². The van der Waals surface area contributed by atoms with E-state index in [0.29, 0.717) is 0 Å². The lowest BCUT2D eigenvalue weighted by atomic mass is 9.68. The first-order chi connectivity index (χ1) is 33.7. The number of fused-ring (bicyclic) bond motifs is 16. The van der Waals surface area contributed by atoms with Gasteiger partial charge in [0.1, 0.15) is 0 Å². The van der Waals surface area contributed by atoms with Crippen molar-refractivity contribution in [2.75, 3.05) is 4.90 Å². The van der Waals surface area contributed by atoms with Gasteiger partial charge in [0.15, 0.2) is 0 Å². The molecular formula is C67H49NS. The molecule has 0 N–H and O–H groups in total. The summed E-state index contributed by atoms with van der Waals surface area (Å²) in [5.41, 5.74) is 23.6. The maximum absolute atomic E-state index is 2.53. The van der Waals surface area contributed by atoms with E-state index in [0.717, 1.165) is 17.1 Å². The molecule has 1 atom stereocenters. The summed E-state index contributed by atoms with van der Waals surface area (Å²) in [6.45, 7) is 9.66. The fourth-order valence-corrected chi connectivity index (χ4v) is 14.1. The summed E-state index contributed by atoms with van der Waals surface area (Å²) in [5.74, 6) is 0. The van der Waals surface area contributed by atoms with Crippen LogP contribution in [0.15, 0.2) is 224 Å². The highest BCUT2D eigenvalue weighted by atomic mass is 32.1. The van der Waals surface area contributed by atoms with Gasteiger partial charge in [-0.15, -0.1) is 11.3 Å². The van der Waals surface area contributed by atoms with Gasteiger partial charge in [0.05, 0.1) is 5.41 Å². The molecule has 0 fully saturated rings. The zero-order valence-corrected chi connectivity index (χ0v) is 40.0. The zero-order valence-electron chi connectivity index (χ0n) is 39.2. The summed E-state index contributed by atoms with van der Waals surface area (Å²) >= 11 is 1.91. The molecule has 14 rings (SSSR count). The Balaban J connectivity index is 1.01. The minimum absolute atomic E-state index is 0.138. The third kappa shape index (κ3) is 5.52. The summed E-state index contributed by atoms with van der Waals surface area (Å²) < 4.78 is 2.68. The van der Waals surface area contributed by atoms with Crippen molar-refractivity contribution >= 4 is 48.6 Å². The van der Waals surface area contributed by atoms with Crippen molar-refractivity contribution < 1.29 is 0 Å². The lowest BCUT2D eigenvalue weighted by Gasteiger charge is -2.35. The number of hydrogen-bond acceptors (Lipinski definition) is 2. The molecule has 1 aromatic heterocycles.